The maximum atomic E-state index is 7.35. The molecule has 0 fully saturated rings. The fraction of sp³-hybridized carbons (Fsp3) is 0.0769. The molecule has 5 heteroatoms. The Morgan fingerprint density at radius 1 is 1.22 bits per heavy atom. The Bertz CT molecular complexity index is 572. The van der Waals surface area contributed by atoms with Gasteiger partial charge in [0.05, 0.1) is 0 Å². The van der Waals surface area contributed by atoms with Crippen LogP contribution in [0.1, 0.15) is 5.69 Å². The van der Waals surface area contributed by atoms with Gasteiger partial charge in [-0.25, -0.2) is 4.98 Å². The lowest BCUT2D eigenvalue weighted by molar-refractivity contribution is 0.452. The Hall–Kier alpha value is -2.01. The lowest BCUT2D eigenvalue weighted by Gasteiger charge is -2.09. The highest BCUT2D eigenvalue weighted by Gasteiger charge is 2.05. The van der Waals surface area contributed by atoms with E-state index in [-0.39, 0.29) is 5.84 Å². The van der Waals surface area contributed by atoms with E-state index in [1.807, 2.05) is 30.5 Å². The number of nitrogens with one attached hydrogen (secondary N) is 1. The minimum absolute atomic E-state index is 0.0707. The smallest absolute Gasteiger partial charge is 0.219 e. The molecule has 0 atom stereocenters. The minimum Gasteiger partial charge on any atom is -0.438 e. The van der Waals surface area contributed by atoms with Crippen molar-refractivity contribution in [1.29, 1.82) is 5.41 Å². The molecule has 2 aromatic rings. The van der Waals surface area contributed by atoms with Gasteiger partial charge in [-0.05, 0) is 24.5 Å². The molecule has 0 radical (unpaired) electrons. The van der Waals surface area contributed by atoms with Crippen LogP contribution in [0.15, 0.2) is 47.4 Å². The number of nitrogen functional groups attached to an aromatic ring is 1. The van der Waals surface area contributed by atoms with Crippen molar-refractivity contribution in [2.45, 2.75) is 4.90 Å². The average molecular weight is 259 g/mol. The van der Waals surface area contributed by atoms with E-state index < -0.39 is 0 Å². The van der Waals surface area contributed by atoms with E-state index in [0.29, 0.717) is 11.6 Å². The fourth-order valence-electron chi connectivity index (χ4n) is 1.44. The van der Waals surface area contributed by atoms with Gasteiger partial charge in [0.1, 0.15) is 17.3 Å². The van der Waals surface area contributed by atoms with Crippen LogP contribution in [0.4, 0.5) is 0 Å². The van der Waals surface area contributed by atoms with Crippen molar-refractivity contribution in [3.63, 3.8) is 0 Å². The van der Waals surface area contributed by atoms with Crippen LogP contribution in [0.3, 0.4) is 0 Å². The normalized spacial score (nSPS) is 10.1. The summed E-state index contributed by atoms with van der Waals surface area (Å²) in [5.41, 5.74) is 5.80. The lowest BCUT2D eigenvalue weighted by atomic mass is 10.3. The maximum Gasteiger partial charge on any atom is 0.219 e. The zero-order valence-corrected chi connectivity index (χ0v) is 10.7. The van der Waals surface area contributed by atoms with Gasteiger partial charge in [-0.15, -0.1) is 11.8 Å². The van der Waals surface area contributed by atoms with Gasteiger partial charge in [-0.1, -0.05) is 18.2 Å². The van der Waals surface area contributed by atoms with Gasteiger partial charge < -0.3 is 10.5 Å². The van der Waals surface area contributed by atoms with Crippen LogP contribution in [0.5, 0.6) is 11.6 Å². The van der Waals surface area contributed by atoms with Gasteiger partial charge in [-0.2, -0.15) is 0 Å². The van der Waals surface area contributed by atoms with Crippen LogP contribution in [-0.4, -0.2) is 17.1 Å². The number of hydrogen-bond acceptors (Lipinski definition) is 4. The zero-order valence-electron chi connectivity index (χ0n) is 9.88. The molecule has 0 aliphatic heterocycles. The van der Waals surface area contributed by atoms with Crippen molar-refractivity contribution < 1.29 is 4.74 Å². The van der Waals surface area contributed by atoms with Gasteiger partial charge >= 0.3 is 0 Å². The summed E-state index contributed by atoms with van der Waals surface area (Å²) in [6.07, 6.45) is 1.99. The second kappa shape index (κ2) is 5.55. The summed E-state index contributed by atoms with van der Waals surface area (Å²) in [5, 5.41) is 7.35. The number of pyridine rings is 1. The van der Waals surface area contributed by atoms with Gasteiger partial charge in [0, 0.05) is 11.0 Å². The van der Waals surface area contributed by atoms with Crippen LogP contribution in [-0.2, 0) is 0 Å². The summed E-state index contributed by atoms with van der Waals surface area (Å²) >= 11 is 1.61. The van der Waals surface area contributed by atoms with Gasteiger partial charge in [-0.3, -0.25) is 5.41 Å². The Kier molecular flexibility index (Phi) is 3.84. The molecule has 3 N–H and O–H groups in total. The molecule has 1 aromatic carbocycles. The summed E-state index contributed by atoms with van der Waals surface area (Å²) in [7, 11) is 0. The first-order chi connectivity index (χ1) is 8.70. The topological polar surface area (TPSA) is 72.0 Å². The summed E-state index contributed by atoms with van der Waals surface area (Å²) in [5.74, 6) is 1.11. The van der Waals surface area contributed by atoms with Crippen LogP contribution >= 0.6 is 11.8 Å². The predicted octanol–water partition coefficient (Wildman–Crippen LogP) is 2.88. The van der Waals surface area contributed by atoms with Crippen LogP contribution < -0.4 is 10.5 Å². The van der Waals surface area contributed by atoms with Crippen molar-refractivity contribution in [1.82, 2.24) is 4.98 Å². The standard InChI is InChI=1S/C13H13N3OS/c1-18-11-7-3-2-6-10(11)17-12-8-4-5-9(16-12)13(14)15/h2-8H,1H3,(H3,14,15). The number of rotatable bonds is 4. The van der Waals surface area contributed by atoms with E-state index in [9.17, 15) is 0 Å². The van der Waals surface area contributed by atoms with E-state index in [1.54, 1.807) is 30.0 Å². The molecule has 0 saturated carbocycles. The molecule has 4 nitrogen and oxygen atoms in total. The summed E-state index contributed by atoms with van der Waals surface area (Å²) < 4.78 is 5.71. The van der Waals surface area contributed by atoms with Gasteiger partial charge in [0.2, 0.25) is 5.88 Å². The molecule has 1 heterocycles. The van der Waals surface area contributed by atoms with E-state index in [0.717, 1.165) is 10.6 Å². The molecule has 0 aliphatic rings. The molecular weight excluding hydrogens is 246 g/mol. The molecule has 2 rings (SSSR count). The lowest BCUT2D eigenvalue weighted by Crippen LogP contribution is -2.13. The summed E-state index contributed by atoms with van der Waals surface area (Å²) in [4.78, 5) is 5.20. The third kappa shape index (κ3) is 2.81. The first kappa shape index (κ1) is 12.4. The highest BCUT2D eigenvalue weighted by molar-refractivity contribution is 7.98. The Balaban J connectivity index is 2.28. The molecule has 0 amide bonds. The third-order valence-electron chi connectivity index (χ3n) is 2.28. The second-order valence-electron chi connectivity index (χ2n) is 3.53. The first-order valence-corrected chi connectivity index (χ1v) is 6.55. The number of nitrogens with two attached hydrogens (primary N) is 1. The van der Waals surface area contributed by atoms with Gasteiger partial charge in [0.25, 0.3) is 0 Å². The Labute approximate surface area is 110 Å². The van der Waals surface area contributed by atoms with E-state index in [4.69, 9.17) is 15.9 Å². The molecule has 92 valence electrons. The Morgan fingerprint density at radius 3 is 2.72 bits per heavy atom. The summed E-state index contributed by atoms with van der Waals surface area (Å²) in [6, 6.07) is 12.9. The number of aromatic nitrogens is 1. The SMILES string of the molecule is CSc1ccccc1Oc1cccc(C(=N)N)n1. The monoisotopic (exact) mass is 259 g/mol. The van der Waals surface area contributed by atoms with Crippen molar-refractivity contribution in [3.05, 3.63) is 48.2 Å². The number of para-hydroxylation sites is 1. The zero-order chi connectivity index (χ0) is 13.0. The molecule has 0 spiro atoms. The van der Waals surface area contributed by atoms with E-state index in [1.165, 1.54) is 0 Å². The second-order valence-corrected chi connectivity index (χ2v) is 4.38. The summed E-state index contributed by atoms with van der Waals surface area (Å²) in [6.45, 7) is 0. The van der Waals surface area contributed by atoms with Crippen LogP contribution in [0.2, 0.25) is 0 Å². The van der Waals surface area contributed by atoms with E-state index in [2.05, 4.69) is 4.98 Å². The maximum absolute atomic E-state index is 7.35. The number of amidine groups is 1. The van der Waals surface area contributed by atoms with Crippen molar-refractivity contribution in [2.75, 3.05) is 6.26 Å². The molecule has 0 aliphatic carbocycles. The highest BCUT2D eigenvalue weighted by atomic mass is 32.2. The van der Waals surface area contributed by atoms with Crippen LogP contribution in [0, 0.1) is 5.41 Å². The molecule has 0 saturated heterocycles. The quantitative estimate of drug-likeness (QED) is 0.503. The van der Waals surface area contributed by atoms with E-state index >= 15 is 0 Å². The van der Waals surface area contributed by atoms with Crippen molar-refractivity contribution >= 4 is 17.6 Å². The number of benzene rings is 1. The molecule has 0 bridgehead atoms. The number of ether oxygens (including phenoxy) is 1. The van der Waals surface area contributed by atoms with Crippen LogP contribution in [0.25, 0.3) is 0 Å². The van der Waals surface area contributed by atoms with Crippen molar-refractivity contribution in [2.24, 2.45) is 5.73 Å². The largest absolute Gasteiger partial charge is 0.438 e. The molecule has 0 unspecified atom stereocenters. The highest BCUT2D eigenvalue weighted by Crippen LogP contribution is 2.30. The Morgan fingerprint density at radius 2 is 2.00 bits per heavy atom. The predicted molar refractivity (Wildman–Crippen MR) is 73.6 cm³/mol. The number of hydrogen-bond donors (Lipinski definition) is 2. The number of nitrogens with zero attached hydrogens (tertiary/aromatic N) is 1. The fourth-order valence-corrected chi connectivity index (χ4v) is 1.96. The molecular formula is C13H13N3OS. The minimum atomic E-state index is -0.0707. The molecule has 18 heavy (non-hydrogen) atoms. The first-order valence-electron chi connectivity index (χ1n) is 5.33. The van der Waals surface area contributed by atoms with Crippen molar-refractivity contribution in [3.8, 4) is 11.6 Å². The average Bonchev–Trinajstić information content (AvgIpc) is 2.39. The third-order valence-corrected chi connectivity index (χ3v) is 3.06. The number of thioether (sulfide) groups is 1. The molecule has 1 aromatic heterocycles. The van der Waals surface area contributed by atoms with Gasteiger partial charge in [0.15, 0.2) is 0 Å².